The van der Waals surface area contributed by atoms with Crippen LogP contribution in [0.15, 0.2) is 0 Å². The Kier molecular flexibility index (Phi) is 14.2. The minimum absolute atomic E-state index is 0.00273. The number of nitrogens with one attached hydrogen (secondary N) is 1. The summed E-state index contributed by atoms with van der Waals surface area (Å²) in [5.74, 6) is -0.122. The van der Waals surface area contributed by atoms with Gasteiger partial charge in [-0.05, 0) is 69.9 Å². The Morgan fingerprint density at radius 3 is 1.68 bits per heavy atom. The molecular weight excluding hydrogens is 517 g/mol. The van der Waals surface area contributed by atoms with E-state index in [1.807, 2.05) is 0 Å². The van der Waals surface area contributed by atoms with Gasteiger partial charge in [-0.2, -0.15) is 5.26 Å². The molecule has 10 heteroatoms. The molecular formula is C27H58N3O4PSi2. The molecule has 1 N–H and O–H groups in total. The Labute approximate surface area is 232 Å². The van der Waals surface area contributed by atoms with Crippen LogP contribution in [0.1, 0.15) is 89.5 Å². The van der Waals surface area contributed by atoms with E-state index in [0.717, 1.165) is 0 Å². The van der Waals surface area contributed by atoms with E-state index < -0.39 is 37.3 Å². The lowest BCUT2D eigenvalue weighted by Crippen LogP contribution is -2.57. The van der Waals surface area contributed by atoms with Crippen molar-refractivity contribution in [3.05, 3.63) is 0 Å². The molecule has 0 spiro atoms. The highest BCUT2D eigenvalue weighted by atomic mass is 31.2. The van der Waals surface area contributed by atoms with Crippen LogP contribution < -0.4 is 5.09 Å². The van der Waals surface area contributed by atoms with Gasteiger partial charge in [0.1, 0.15) is 6.10 Å². The average Bonchev–Trinajstić information content (AvgIpc) is 2.68. The summed E-state index contributed by atoms with van der Waals surface area (Å²) >= 11 is 0. The van der Waals surface area contributed by atoms with Gasteiger partial charge in [-0.1, -0.05) is 55.4 Å². The molecule has 37 heavy (non-hydrogen) atoms. The van der Waals surface area contributed by atoms with Crippen LogP contribution in [0.5, 0.6) is 0 Å². The number of nitrogens with zero attached hydrogens (tertiary/aromatic N) is 2. The molecule has 0 fully saturated rings. The van der Waals surface area contributed by atoms with Gasteiger partial charge in [-0.3, -0.25) is 9.88 Å². The summed E-state index contributed by atoms with van der Waals surface area (Å²) in [5, 5.41) is 12.2. The van der Waals surface area contributed by atoms with Crippen molar-refractivity contribution < 1.29 is 18.2 Å². The zero-order valence-corrected chi connectivity index (χ0v) is 29.7. The molecule has 0 aromatic heterocycles. The Balaban J connectivity index is 6.56. The number of amides is 1. The van der Waals surface area contributed by atoms with Crippen molar-refractivity contribution in [2.24, 2.45) is 5.92 Å². The van der Waals surface area contributed by atoms with Crippen molar-refractivity contribution in [3.8, 4) is 6.07 Å². The zero-order chi connectivity index (χ0) is 29.6. The van der Waals surface area contributed by atoms with Gasteiger partial charge in [0.25, 0.3) is 5.91 Å². The third-order valence-corrected chi connectivity index (χ3v) is 18.7. The van der Waals surface area contributed by atoms with Crippen LogP contribution in [0.3, 0.4) is 0 Å². The zero-order valence-electron chi connectivity index (χ0n) is 26.8. The van der Waals surface area contributed by atoms with Crippen LogP contribution in [0, 0.1) is 17.2 Å². The van der Waals surface area contributed by atoms with E-state index in [0.29, 0.717) is 0 Å². The van der Waals surface area contributed by atoms with Gasteiger partial charge in [0.15, 0.2) is 16.6 Å². The molecule has 0 aromatic carbocycles. The molecule has 0 aliphatic carbocycles. The number of hydrogen-bond donors (Lipinski definition) is 1. The maximum atomic E-state index is 14.2. The van der Waals surface area contributed by atoms with E-state index in [1.165, 1.54) is 0 Å². The molecule has 1 unspecified atom stereocenters. The summed E-state index contributed by atoms with van der Waals surface area (Å²) < 4.78 is 22.1. The van der Waals surface area contributed by atoms with Gasteiger partial charge < -0.3 is 13.4 Å². The van der Waals surface area contributed by atoms with Crippen molar-refractivity contribution in [2.45, 2.75) is 150 Å². The lowest BCUT2D eigenvalue weighted by molar-refractivity contribution is -0.133. The van der Waals surface area contributed by atoms with E-state index in [-0.39, 0.29) is 47.0 Å². The fourth-order valence-corrected chi connectivity index (χ4v) is 7.73. The monoisotopic (exact) mass is 575 g/mol. The highest BCUT2D eigenvalue weighted by molar-refractivity contribution is 7.48. The predicted octanol–water partition coefficient (Wildman–Crippen LogP) is 7.82. The van der Waals surface area contributed by atoms with E-state index in [1.54, 1.807) is 0 Å². The highest BCUT2D eigenvalue weighted by Gasteiger charge is 2.48. The van der Waals surface area contributed by atoms with Crippen molar-refractivity contribution in [2.75, 3.05) is 6.61 Å². The third kappa shape index (κ3) is 11.0. The summed E-state index contributed by atoms with van der Waals surface area (Å²) in [6.07, 6.45) is -0.885. The van der Waals surface area contributed by atoms with E-state index in [4.69, 9.17) is 18.6 Å². The molecule has 0 bridgehead atoms. The van der Waals surface area contributed by atoms with Gasteiger partial charge in [0.2, 0.25) is 8.45 Å². The Morgan fingerprint density at radius 2 is 1.32 bits per heavy atom. The smallest absolute Gasteiger partial charge is 0.256 e. The van der Waals surface area contributed by atoms with Crippen LogP contribution in [0.4, 0.5) is 0 Å². The summed E-state index contributed by atoms with van der Waals surface area (Å²) in [6, 6.07) is 2.44. The number of carbonyl (C=O) groups excluding carboxylic acids is 1. The molecule has 218 valence electrons. The SMILES string of the molecule is CC(C)[C@@H](O[Si](C)(C)C(C)(C)C)[C@H](O[Si](C)(C)C(C)(C)C)C(=O)NP(OCCC#N)N(C(C)C)C(C)C. The molecule has 0 heterocycles. The van der Waals surface area contributed by atoms with Crippen LogP contribution in [0.25, 0.3) is 0 Å². The summed E-state index contributed by atoms with van der Waals surface area (Å²) in [7, 11) is -6.01. The fourth-order valence-electron chi connectivity index (χ4n) is 3.34. The minimum Gasteiger partial charge on any atom is -0.411 e. The summed E-state index contributed by atoms with van der Waals surface area (Å²) in [5.41, 5.74) is 0. The Bertz CT molecular complexity index is 748. The minimum atomic E-state index is -2.33. The van der Waals surface area contributed by atoms with E-state index >= 15 is 0 Å². The van der Waals surface area contributed by atoms with Gasteiger partial charge >= 0.3 is 0 Å². The van der Waals surface area contributed by atoms with Crippen LogP contribution in [0.2, 0.25) is 36.3 Å². The average molecular weight is 576 g/mol. The molecule has 3 atom stereocenters. The first kappa shape index (κ1) is 36.7. The Hall–Kier alpha value is -0.336. The maximum absolute atomic E-state index is 14.2. The molecule has 0 aliphatic rings. The largest absolute Gasteiger partial charge is 0.411 e. The second-order valence-electron chi connectivity index (χ2n) is 13.9. The molecule has 1 amide bonds. The lowest BCUT2D eigenvalue weighted by atomic mass is 10.0. The number of nitriles is 1. The molecule has 0 saturated carbocycles. The third-order valence-electron chi connectivity index (χ3n) is 7.58. The molecule has 0 aliphatic heterocycles. The van der Waals surface area contributed by atoms with Crippen molar-refractivity contribution in [3.63, 3.8) is 0 Å². The normalized spacial score (nSPS) is 16.3. The number of carbonyl (C=O) groups is 1. The van der Waals surface area contributed by atoms with Crippen LogP contribution in [-0.2, 0) is 18.2 Å². The van der Waals surface area contributed by atoms with Crippen molar-refractivity contribution in [1.82, 2.24) is 9.76 Å². The summed E-state index contributed by atoms with van der Waals surface area (Å²) in [6.45, 7) is 34.8. The van der Waals surface area contributed by atoms with Crippen molar-refractivity contribution >= 4 is 31.0 Å². The molecule has 0 rings (SSSR count). The van der Waals surface area contributed by atoms with Crippen LogP contribution in [-0.4, -0.2) is 58.1 Å². The first-order valence-electron chi connectivity index (χ1n) is 13.7. The second-order valence-corrected chi connectivity index (χ2v) is 24.9. The van der Waals surface area contributed by atoms with E-state index in [9.17, 15) is 4.79 Å². The first-order valence-corrected chi connectivity index (χ1v) is 20.8. The van der Waals surface area contributed by atoms with Gasteiger partial charge in [0, 0.05) is 12.1 Å². The maximum Gasteiger partial charge on any atom is 0.256 e. The first-order chi connectivity index (χ1) is 16.5. The van der Waals surface area contributed by atoms with Gasteiger partial charge in [-0.15, -0.1) is 0 Å². The van der Waals surface area contributed by atoms with E-state index in [2.05, 4.69) is 125 Å². The fraction of sp³-hybridized carbons (Fsp3) is 0.926. The molecule has 7 nitrogen and oxygen atoms in total. The predicted molar refractivity (Wildman–Crippen MR) is 162 cm³/mol. The quantitative estimate of drug-likeness (QED) is 0.129. The molecule has 0 aromatic rings. The van der Waals surface area contributed by atoms with Gasteiger partial charge in [-0.25, -0.2) is 4.67 Å². The molecule has 0 radical (unpaired) electrons. The standard InChI is InChI=1S/C27H58N3O4PSi2/c1-20(2)23(33-36(13,14)26(7,8)9)24(34-37(15,16)27(10,11)12)25(31)29-35(32-19-17-18-28)30(21(3)4)22(5)6/h20-24H,17,19H2,1-16H3,(H,29,31)/t23-,24+,35?/m1/s1. The number of hydrogen-bond acceptors (Lipinski definition) is 6. The molecule has 0 saturated heterocycles. The topological polar surface area (TPSA) is 83.8 Å². The van der Waals surface area contributed by atoms with Crippen LogP contribution >= 0.6 is 8.45 Å². The second kappa shape index (κ2) is 14.3. The number of rotatable bonds is 14. The Morgan fingerprint density at radius 1 is 0.892 bits per heavy atom. The highest BCUT2D eigenvalue weighted by Crippen LogP contribution is 2.44. The summed E-state index contributed by atoms with van der Waals surface area (Å²) in [4.78, 5) is 14.2. The lowest BCUT2D eigenvalue weighted by Gasteiger charge is -2.46. The van der Waals surface area contributed by atoms with Gasteiger partial charge in [0.05, 0.1) is 25.2 Å². The van der Waals surface area contributed by atoms with Crippen molar-refractivity contribution in [1.29, 1.82) is 5.26 Å².